The van der Waals surface area contributed by atoms with Gasteiger partial charge >= 0.3 is 0 Å². The second-order valence-corrected chi connectivity index (χ2v) is 5.85. The van der Waals surface area contributed by atoms with Crippen LogP contribution in [-0.4, -0.2) is 15.5 Å². The van der Waals surface area contributed by atoms with Crippen molar-refractivity contribution in [3.8, 4) is 0 Å². The number of anilines is 1. The summed E-state index contributed by atoms with van der Waals surface area (Å²) in [6.07, 6.45) is 5.41. The summed E-state index contributed by atoms with van der Waals surface area (Å²) in [6, 6.07) is 3.90. The lowest BCUT2D eigenvalue weighted by atomic mass is 10.00. The Kier molecular flexibility index (Phi) is 3.28. The Morgan fingerprint density at radius 2 is 2.00 bits per heavy atom. The van der Waals surface area contributed by atoms with E-state index >= 15 is 0 Å². The Morgan fingerprint density at radius 1 is 1.28 bits per heavy atom. The predicted octanol–water partition coefficient (Wildman–Crippen LogP) is 2.01. The highest BCUT2D eigenvalue weighted by atomic mass is 32.2. The molecular weight excluding hydrogens is 250 g/mol. The summed E-state index contributed by atoms with van der Waals surface area (Å²) in [6.45, 7) is 1.93. The number of rotatable bonds is 2. The summed E-state index contributed by atoms with van der Waals surface area (Å²) in [7, 11) is -2.50. The first-order chi connectivity index (χ1) is 8.45. The van der Waals surface area contributed by atoms with Gasteiger partial charge in [-0.05, 0) is 30.5 Å². The van der Waals surface area contributed by atoms with Crippen LogP contribution in [0.5, 0.6) is 0 Å². The SMILES string of the molecule is COS(=O)(=O)C1=CCc2ccc(C)c(N)c2C=C1. The van der Waals surface area contributed by atoms with Crippen molar-refractivity contribution >= 4 is 21.9 Å². The molecule has 18 heavy (non-hydrogen) atoms. The third kappa shape index (κ3) is 2.19. The molecule has 1 aliphatic carbocycles. The van der Waals surface area contributed by atoms with Gasteiger partial charge in [0, 0.05) is 11.3 Å². The molecule has 0 amide bonds. The first-order valence-electron chi connectivity index (χ1n) is 5.52. The summed E-state index contributed by atoms with van der Waals surface area (Å²) in [4.78, 5) is 0.165. The van der Waals surface area contributed by atoms with E-state index in [0.29, 0.717) is 12.1 Å². The third-order valence-corrected chi connectivity index (χ3v) is 4.36. The van der Waals surface area contributed by atoms with Crippen molar-refractivity contribution in [2.24, 2.45) is 0 Å². The molecule has 0 atom stereocenters. The fourth-order valence-electron chi connectivity index (χ4n) is 1.89. The van der Waals surface area contributed by atoms with Crippen LogP contribution in [0.1, 0.15) is 16.7 Å². The standard InChI is InChI=1S/C13H15NO3S/c1-9-3-4-10-5-6-11(18(15,16)17-2)7-8-12(10)13(9)14/h3-4,6-8H,5,14H2,1-2H3. The molecule has 0 bridgehead atoms. The van der Waals surface area contributed by atoms with Crippen LogP contribution < -0.4 is 5.73 Å². The fourth-order valence-corrected chi connectivity index (χ4v) is 2.61. The molecule has 2 rings (SSSR count). The average Bonchev–Trinajstić information content (AvgIpc) is 2.57. The van der Waals surface area contributed by atoms with Crippen molar-refractivity contribution in [3.05, 3.63) is 45.9 Å². The summed E-state index contributed by atoms with van der Waals surface area (Å²) in [5.41, 5.74) is 9.57. The molecule has 0 aliphatic heterocycles. The van der Waals surface area contributed by atoms with Crippen LogP contribution in [0, 0.1) is 6.92 Å². The quantitative estimate of drug-likeness (QED) is 0.656. The molecule has 0 fully saturated rings. The Morgan fingerprint density at radius 3 is 2.67 bits per heavy atom. The van der Waals surface area contributed by atoms with Gasteiger partial charge in [-0.15, -0.1) is 0 Å². The minimum Gasteiger partial charge on any atom is -0.398 e. The van der Waals surface area contributed by atoms with Gasteiger partial charge in [0.25, 0.3) is 10.1 Å². The summed E-state index contributed by atoms with van der Waals surface area (Å²) in [5, 5.41) is 0. The number of hydrogen-bond acceptors (Lipinski definition) is 4. The number of nitrogens with two attached hydrogens (primary N) is 1. The number of fused-ring (bicyclic) bond motifs is 1. The van der Waals surface area contributed by atoms with Crippen molar-refractivity contribution in [2.45, 2.75) is 13.3 Å². The fraction of sp³-hybridized carbons (Fsp3) is 0.231. The monoisotopic (exact) mass is 265 g/mol. The minimum absolute atomic E-state index is 0.165. The second-order valence-electron chi connectivity index (χ2n) is 4.13. The van der Waals surface area contributed by atoms with Gasteiger partial charge in [0.1, 0.15) is 0 Å². The Labute approximate surface area is 107 Å². The number of nitrogen functional groups attached to an aromatic ring is 1. The molecule has 1 aromatic rings. The van der Waals surface area contributed by atoms with Crippen LogP contribution in [0.4, 0.5) is 5.69 Å². The molecule has 0 heterocycles. The molecule has 0 saturated heterocycles. The molecule has 0 spiro atoms. The topological polar surface area (TPSA) is 69.4 Å². The van der Waals surface area contributed by atoms with Crippen LogP contribution in [0.25, 0.3) is 6.08 Å². The molecule has 96 valence electrons. The predicted molar refractivity (Wildman–Crippen MR) is 72.3 cm³/mol. The maximum atomic E-state index is 11.6. The van der Waals surface area contributed by atoms with E-state index < -0.39 is 10.1 Å². The van der Waals surface area contributed by atoms with Crippen LogP contribution in [-0.2, 0) is 20.7 Å². The number of allylic oxidation sites excluding steroid dienone is 2. The smallest absolute Gasteiger partial charge is 0.296 e. The first kappa shape index (κ1) is 12.9. The summed E-state index contributed by atoms with van der Waals surface area (Å²) >= 11 is 0. The van der Waals surface area contributed by atoms with Crippen molar-refractivity contribution in [1.29, 1.82) is 0 Å². The molecule has 2 N–H and O–H groups in total. The van der Waals surface area contributed by atoms with Gasteiger partial charge in [0.2, 0.25) is 0 Å². The van der Waals surface area contributed by atoms with Crippen LogP contribution in [0.15, 0.2) is 29.2 Å². The van der Waals surface area contributed by atoms with E-state index in [4.69, 9.17) is 5.73 Å². The molecule has 0 unspecified atom stereocenters. The molecule has 0 saturated carbocycles. The third-order valence-electron chi connectivity index (χ3n) is 3.04. The van der Waals surface area contributed by atoms with Gasteiger partial charge in [0.15, 0.2) is 0 Å². The van der Waals surface area contributed by atoms with E-state index in [1.807, 2.05) is 19.1 Å². The lowest BCUT2D eigenvalue weighted by Crippen LogP contribution is -2.03. The largest absolute Gasteiger partial charge is 0.398 e. The van der Waals surface area contributed by atoms with Crippen molar-refractivity contribution in [3.63, 3.8) is 0 Å². The number of benzene rings is 1. The summed E-state index contributed by atoms with van der Waals surface area (Å²) < 4.78 is 27.8. The minimum atomic E-state index is -3.65. The van der Waals surface area contributed by atoms with E-state index in [-0.39, 0.29) is 4.91 Å². The molecule has 5 heteroatoms. The van der Waals surface area contributed by atoms with Gasteiger partial charge in [-0.1, -0.05) is 24.3 Å². The average molecular weight is 265 g/mol. The molecule has 1 aromatic carbocycles. The van der Waals surface area contributed by atoms with E-state index in [1.165, 1.54) is 6.08 Å². The zero-order valence-corrected chi connectivity index (χ0v) is 11.1. The number of hydrogen-bond donors (Lipinski definition) is 1. The van der Waals surface area contributed by atoms with E-state index in [2.05, 4.69) is 4.18 Å². The summed E-state index contributed by atoms with van der Waals surface area (Å²) in [5.74, 6) is 0. The molecule has 1 aliphatic rings. The first-order valence-corrected chi connectivity index (χ1v) is 6.93. The Hall–Kier alpha value is -1.59. The Balaban J connectivity index is 2.51. The lowest BCUT2D eigenvalue weighted by molar-refractivity contribution is 0.404. The maximum Gasteiger partial charge on any atom is 0.296 e. The van der Waals surface area contributed by atoms with E-state index in [9.17, 15) is 8.42 Å². The second kappa shape index (κ2) is 4.59. The van der Waals surface area contributed by atoms with Gasteiger partial charge in [-0.2, -0.15) is 8.42 Å². The van der Waals surface area contributed by atoms with Gasteiger partial charge < -0.3 is 5.73 Å². The molecule has 4 nitrogen and oxygen atoms in total. The van der Waals surface area contributed by atoms with Gasteiger partial charge in [-0.3, -0.25) is 4.18 Å². The van der Waals surface area contributed by atoms with Crippen LogP contribution >= 0.6 is 0 Å². The lowest BCUT2D eigenvalue weighted by Gasteiger charge is -2.08. The van der Waals surface area contributed by atoms with Gasteiger partial charge in [0.05, 0.1) is 12.0 Å². The van der Waals surface area contributed by atoms with Crippen LogP contribution in [0.3, 0.4) is 0 Å². The van der Waals surface area contributed by atoms with Crippen molar-refractivity contribution in [2.75, 3.05) is 12.8 Å². The van der Waals surface area contributed by atoms with Crippen molar-refractivity contribution < 1.29 is 12.6 Å². The van der Waals surface area contributed by atoms with E-state index in [1.54, 1.807) is 12.2 Å². The van der Waals surface area contributed by atoms with E-state index in [0.717, 1.165) is 23.8 Å². The Bertz CT molecular complexity index is 642. The van der Waals surface area contributed by atoms with Gasteiger partial charge in [-0.25, -0.2) is 0 Å². The molecule has 0 radical (unpaired) electrons. The molecular formula is C13H15NO3S. The zero-order chi connectivity index (χ0) is 13.3. The maximum absolute atomic E-state index is 11.6. The highest BCUT2D eigenvalue weighted by molar-refractivity contribution is 7.90. The normalized spacial score (nSPS) is 14.9. The van der Waals surface area contributed by atoms with Crippen LogP contribution in [0.2, 0.25) is 0 Å². The zero-order valence-electron chi connectivity index (χ0n) is 10.3. The highest BCUT2D eigenvalue weighted by Crippen LogP contribution is 2.27. The molecule has 0 aromatic heterocycles. The number of aryl methyl sites for hydroxylation is 1. The highest BCUT2D eigenvalue weighted by Gasteiger charge is 2.17. The van der Waals surface area contributed by atoms with Crippen molar-refractivity contribution in [1.82, 2.24) is 0 Å².